The number of fused-ring (bicyclic) bond motifs is 1. The lowest BCUT2D eigenvalue weighted by Crippen LogP contribution is -2.52. The van der Waals surface area contributed by atoms with Gasteiger partial charge in [-0.3, -0.25) is 9.59 Å². The SMILES string of the molecule is CC1CNCCN1C(=O)CCCc1nc2ccccc2c(=O)[nH]1.Cl. The molecule has 1 atom stereocenters. The number of aryl methyl sites for hydroxylation is 1. The van der Waals surface area contributed by atoms with Crippen LogP contribution in [0.4, 0.5) is 0 Å². The molecule has 6 nitrogen and oxygen atoms in total. The largest absolute Gasteiger partial charge is 0.337 e. The number of para-hydroxylation sites is 1. The summed E-state index contributed by atoms with van der Waals surface area (Å²) in [4.78, 5) is 33.5. The molecule has 2 aromatic rings. The molecule has 1 aromatic heterocycles. The van der Waals surface area contributed by atoms with Crippen molar-refractivity contribution in [3.63, 3.8) is 0 Å². The Labute approximate surface area is 147 Å². The number of halogens is 1. The molecule has 1 unspecified atom stereocenters. The first kappa shape index (κ1) is 18.4. The van der Waals surface area contributed by atoms with E-state index >= 15 is 0 Å². The molecule has 1 saturated heterocycles. The molecule has 0 saturated carbocycles. The van der Waals surface area contributed by atoms with E-state index < -0.39 is 0 Å². The summed E-state index contributed by atoms with van der Waals surface area (Å²) in [6, 6.07) is 7.54. The summed E-state index contributed by atoms with van der Waals surface area (Å²) in [6.07, 6.45) is 1.78. The van der Waals surface area contributed by atoms with Crippen LogP contribution in [0.2, 0.25) is 0 Å². The van der Waals surface area contributed by atoms with E-state index in [0.717, 1.165) is 19.6 Å². The summed E-state index contributed by atoms with van der Waals surface area (Å²) in [7, 11) is 0. The monoisotopic (exact) mass is 350 g/mol. The molecule has 1 aliphatic rings. The first-order chi connectivity index (χ1) is 11.1. The van der Waals surface area contributed by atoms with E-state index in [1.807, 2.05) is 23.1 Å². The van der Waals surface area contributed by atoms with Gasteiger partial charge in [0.25, 0.3) is 5.56 Å². The van der Waals surface area contributed by atoms with Crippen LogP contribution in [0.15, 0.2) is 29.1 Å². The molecule has 1 fully saturated rings. The molecule has 1 amide bonds. The minimum Gasteiger partial charge on any atom is -0.337 e. The van der Waals surface area contributed by atoms with Crippen molar-refractivity contribution in [3.8, 4) is 0 Å². The normalized spacial score (nSPS) is 17.5. The number of nitrogens with one attached hydrogen (secondary N) is 2. The van der Waals surface area contributed by atoms with E-state index in [-0.39, 0.29) is 29.9 Å². The van der Waals surface area contributed by atoms with Crippen LogP contribution in [0.5, 0.6) is 0 Å². The third-order valence-electron chi connectivity index (χ3n) is 4.29. The Balaban J connectivity index is 0.00000208. The van der Waals surface area contributed by atoms with Gasteiger partial charge in [-0.1, -0.05) is 12.1 Å². The number of rotatable bonds is 4. The van der Waals surface area contributed by atoms with Crippen LogP contribution in [-0.4, -0.2) is 46.5 Å². The summed E-state index contributed by atoms with van der Waals surface area (Å²) in [5, 5.41) is 3.88. The molecule has 0 aliphatic carbocycles. The third kappa shape index (κ3) is 4.13. The fraction of sp³-hybridized carbons (Fsp3) is 0.471. The molecular formula is C17H23ClN4O2. The lowest BCUT2D eigenvalue weighted by Gasteiger charge is -2.34. The highest BCUT2D eigenvalue weighted by atomic mass is 35.5. The molecule has 2 N–H and O–H groups in total. The second-order valence-corrected chi connectivity index (χ2v) is 6.02. The van der Waals surface area contributed by atoms with E-state index in [0.29, 0.717) is 36.0 Å². The number of aromatic amines is 1. The van der Waals surface area contributed by atoms with Gasteiger partial charge in [-0.2, -0.15) is 0 Å². The van der Waals surface area contributed by atoms with Gasteiger partial charge in [-0.15, -0.1) is 12.4 Å². The number of H-pyrrole nitrogens is 1. The Bertz CT molecular complexity index is 762. The first-order valence-corrected chi connectivity index (χ1v) is 8.13. The highest BCUT2D eigenvalue weighted by Gasteiger charge is 2.22. The van der Waals surface area contributed by atoms with Crippen molar-refractivity contribution >= 4 is 29.2 Å². The predicted octanol–water partition coefficient (Wildman–Crippen LogP) is 1.49. The molecule has 1 aromatic carbocycles. The second kappa shape index (κ2) is 8.26. The van der Waals surface area contributed by atoms with Gasteiger partial charge >= 0.3 is 0 Å². The molecule has 130 valence electrons. The van der Waals surface area contributed by atoms with Crippen LogP contribution in [0.25, 0.3) is 10.9 Å². The predicted molar refractivity (Wildman–Crippen MR) is 96.6 cm³/mol. The van der Waals surface area contributed by atoms with Gasteiger partial charge in [0.05, 0.1) is 10.9 Å². The van der Waals surface area contributed by atoms with Gasteiger partial charge in [0.1, 0.15) is 5.82 Å². The topological polar surface area (TPSA) is 78.1 Å². The molecule has 0 bridgehead atoms. The zero-order valence-corrected chi connectivity index (χ0v) is 14.6. The second-order valence-electron chi connectivity index (χ2n) is 6.02. The van der Waals surface area contributed by atoms with E-state index in [4.69, 9.17) is 0 Å². The number of carbonyl (C=O) groups is 1. The average molecular weight is 351 g/mol. The Hall–Kier alpha value is -1.92. The number of aromatic nitrogens is 2. The summed E-state index contributed by atoms with van der Waals surface area (Å²) in [6.45, 7) is 4.54. The molecule has 7 heteroatoms. The van der Waals surface area contributed by atoms with Crippen LogP contribution in [0, 0.1) is 0 Å². The van der Waals surface area contributed by atoms with Gasteiger partial charge in [-0.05, 0) is 25.5 Å². The van der Waals surface area contributed by atoms with Crippen molar-refractivity contribution in [2.45, 2.75) is 32.2 Å². The number of piperazine rings is 1. The Morgan fingerprint density at radius 2 is 2.17 bits per heavy atom. The number of nitrogens with zero attached hydrogens (tertiary/aromatic N) is 2. The maximum absolute atomic E-state index is 12.3. The van der Waals surface area contributed by atoms with Crippen LogP contribution >= 0.6 is 12.4 Å². The fourth-order valence-corrected chi connectivity index (χ4v) is 3.02. The van der Waals surface area contributed by atoms with Gasteiger partial charge in [0.2, 0.25) is 5.91 Å². The van der Waals surface area contributed by atoms with Crippen LogP contribution in [-0.2, 0) is 11.2 Å². The van der Waals surface area contributed by atoms with Crippen molar-refractivity contribution in [2.75, 3.05) is 19.6 Å². The highest BCUT2D eigenvalue weighted by molar-refractivity contribution is 5.85. The summed E-state index contributed by atoms with van der Waals surface area (Å²) in [5.41, 5.74) is 0.584. The minimum absolute atomic E-state index is 0. The van der Waals surface area contributed by atoms with Gasteiger partial charge < -0.3 is 15.2 Å². The first-order valence-electron chi connectivity index (χ1n) is 8.13. The maximum atomic E-state index is 12.3. The maximum Gasteiger partial charge on any atom is 0.258 e. The van der Waals surface area contributed by atoms with Crippen molar-refractivity contribution in [1.29, 1.82) is 0 Å². The number of carbonyl (C=O) groups excluding carboxylic acids is 1. The zero-order chi connectivity index (χ0) is 16.2. The van der Waals surface area contributed by atoms with E-state index in [2.05, 4.69) is 22.2 Å². The Morgan fingerprint density at radius 3 is 2.96 bits per heavy atom. The lowest BCUT2D eigenvalue weighted by molar-refractivity contribution is -0.134. The Morgan fingerprint density at radius 1 is 1.38 bits per heavy atom. The number of hydrogen-bond acceptors (Lipinski definition) is 4. The Kier molecular flexibility index (Phi) is 6.34. The van der Waals surface area contributed by atoms with Crippen molar-refractivity contribution < 1.29 is 4.79 Å². The van der Waals surface area contributed by atoms with Gasteiger partial charge in [0.15, 0.2) is 0 Å². The summed E-state index contributed by atoms with van der Waals surface area (Å²) >= 11 is 0. The van der Waals surface area contributed by atoms with E-state index in [9.17, 15) is 9.59 Å². The number of benzene rings is 1. The zero-order valence-electron chi connectivity index (χ0n) is 13.7. The smallest absolute Gasteiger partial charge is 0.258 e. The van der Waals surface area contributed by atoms with Gasteiger partial charge in [-0.25, -0.2) is 4.98 Å². The molecule has 0 radical (unpaired) electrons. The molecular weight excluding hydrogens is 328 g/mol. The molecule has 1 aliphatic heterocycles. The average Bonchev–Trinajstić information content (AvgIpc) is 2.55. The third-order valence-corrected chi connectivity index (χ3v) is 4.29. The van der Waals surface area contributed by atoms with Crippen LogP contribution in [0.1, 0.15) is 25.6 Å². The van der Waals surface area contributed by atoms with Crippen molar-refractivity contribution in [3.05, 3.63) is 40.4 Å². The van der Waals surface area contributed by atoms with E-state index in [1.165, 1.54) is 0 Å². The number of hydrogen-bond donors (Lipinski definition) is 2. The fourth-order valence-electron chi connectivity index (χ4n) is 3.02. The standard InChI is InChI=1S/C17H22N4O2.ClH/c1-12-11-18-9-10-21(12)16(22)8-4-7-15-19-14-6-3-2-5-13(14)17(23)20-15;/h2-3,5-6,12,18H,4,7-11H2,1H3,(H,19,20,23);1H. The molecule has 24 heavy (non-hydrogen) atoms. The van der Waals surface area contributed by atoms with Crippen LogP contribution < -0.4 is 10.9 Å². The molecule has 3 rings (SSSR count). The van der Waals surface area contributed by atoms with Crippen LogP contribution in [0.3, 0.4) is 0 Å². The number of amides is 1. The summed E-state index contributed by atoms with van der Waals surface area (Å²) in [5.74, 6) is 0.831. The quantitative estimate of drug-likeness (QED) is 0.875. The van der Waals surface area contributed by atoms with Crippen molar-refractivity contribution in [2.24, 2.45) is 0 Å². The van der Waals surface area contributed by atoms with E-state index in [1.54, 1.807) is 6.07 Å². The lowest BCUT2D eigenvalue weighted by atomic mass is 10.1. The van der Waals surface area contributed by atoms with Crippen molar-refractivity contribution in [1.82, 2.24) is 20.2 Å². The van der Waals surface area contributed by atoms with Gasteiger partial charge in [0, 0.05) is 38.5 Å². The summed E-state index contributed by atoms with van der Waals surface area (Å²) < 4.78 is 0. The minimum atomic E-state index is -0.118. The molecule has 0 spiro atoms. The molecule has 2 heterocycles. The highest BCUT2D eigenvalue weighted by Crippen LogP contribution is 2.10.